The Morgan fingerprint density at radius 3 is 2.35 bits per heavy atom. The number of rotatable bonds is 6. The second kappa shape index (κ2) is 8.21. The predicted molar refractivity (Wildman–Crippen MR) is 102 cm³/mol. The van der Waals surface area contributed by atoms with Crippen LogP contribution in [0, 0.1) is 0 Å². The van der Waals surface area contributed by atoms with E-state index in [2.05, 4.69) is 4.74 Å². The van der Waals surface area contributed by atoms with Crippen LogP contribution in [0.5, 0.6) is 11.5 Å². The lowest BCUT2D eigenvalue weighted by Crippen LogP contribution is -1.99. The van der Waals surface area contributed by atoms with Gasteiger partial charge in [-0.05, 0) is 28.7 Å². The summed E-state index contributed by atoms with van der Waals surface area (Å²) in [6, 6.07) is 19.7. The first kappa shape index (κ1) is 17.5. The molecular formula is C22H20O4. The quantitative estimate of drug-likeness (QED) is 0.482. The molecule has 0 heterocycles. The zero-order valence-electron chi connectivity index (χ0n) is 14.8. The Morgan fingerprint density at radius 1 is 0.962 bits per heavy atom. The van der Waals surface area contributed by atoms with Crippen LogP contribution in [0.25, 0.3) is 16.8 Å². The zero-order chi connectivity index (χ0) is 18.4. The SMILES string of the molecule is COC(=O)/C=C/c1cc(OC)c(OCc2ccccc2)c2ccccc12. The molecule has 4 heteroatoms. The van der Waals surface area contributed by atoms with Crippen molar-refractivity contribution in [2.75, 3.05) is 14.2 Å². The second-order valence-corrected chi connectivity index (χ2v) is 5.67. The summed E-state index contributed by atoms with van der Waals surface area (Å²) in [5.41, 5.74) is 1.93. The van der Waals surface area contributed by atoms with Gasteiger partial charge in [0.05, 0.1) is 14.2 Å². The topological polar surface area (TPSA) is 44.8 Å². The highest BCUT2D eigenvalue weighted by atomic mass is 16.5. The Kier molecular flexibility index (Phi) is 5.54. The zero-order valence-corrected chi connectivity index (χ0v) is 14.8. The number of ether oxygens (including phenoxy) is 3. The van der Waals surface area contributed by atoms with E-state index in [9.17, 15) is 4.79 Å². The molecule has 0 N–H and O–H groups in total. The summed E-state index contributed by atoms with van der Waals surface area (Å²) in [7, 11) is 2.96. The molecule has 3 aromatic rings. The van der Waals surface area contributed by atoms with Crippen molar-refractivity contribution in [2.45, 2.75) is 6.61 Å². The summed E-state index contributed by atoms with van der Waals surface area (Å²) >= 11 is 0. The molecule has 0 aliphatic heterocycles. The van der Waals surface area contributed by atoms with Crippen LogP contribution < -0.4 is 9.47 Å². The molecular weight excluding hydrogens is 328 g/mol. The predicted octanol–water partition coefficient (Wildman–Crippen LogP) is 4.61. The Labute approximate surface area is 152 Å². The van der Waals surface area contributed by atoms with Crippen molar-refractivity contribution in [1.29, 1.82) is 0 Å². The summed E-state index contributed by atoms with van der Waals surface area (Å²) in [5.74, 6) is 0.892. The summed E-state index contributed by atoms with van der Waals surface area (Å²) in [6.07, 6.45) is 3.11. The molecule has 4 nitrogen and oxygen atoms in total. The summed E-state index contributed by atoms with van der Waals surface area (Å²) in [6.45, 7) is 0.443. The number of esters is 1. The molecule has 0 atom stereocenters. The van der Waals surface area contributed by atoms with Crippen molar-refractivity contribution >= 4 is 22.8 Å². The molecule has 0 radical (unpaired) electrons. The first-order valence-electron chi connectivity index (χ1n) is 8.25. The number of hydrogen-bond acceptors (Lipinski definition) is 4. The number of benzene rings is 3. The molecule has 0 spiro atoms. The molecule has 0 aromatic heterocycles. The van der Waals surface area contributed by atoms with Gasteiger partial charge in [-0.15, -0.1) is 0 Å². The fraction of sp³-hybridized carbons (Fsp3) is 0.136. The molecule has 0 aliphatic carbocycles. The summed E-state index contributed by atoms with van der Waals surface area (Å²) in [5, 5.41) is 1.89. The highest BCUT2D eigenvalue weighted by Gasteiger charge is 2.13. The third-order valence-corrected chi connectivity index (χ3v) is 4.04. The maximum absolute atomic E-state index is 11.4. The van der Waals surface area contributed by atoms with Gasteiger partial charge >= 0.3 is 5.97 Å². The van der Waals surface area contributed by atoms with Gasteiger partial charge in [-0.3, -0.25) is 0 Å². The fourth-order valence-electron chi connectivity index (χ4n) is 2.74. The third-order valence-electron chi connectivity index (χ3n) is 4.04. The van der Waals surface area contributed by atoms with Crippen molar-refractivity contribution in [1.82, 2.24) is 0 Å². The molecule has 0 unspecified atom stereocenters. The summed E-state index contributed by atoms with van der Waals surface area (Å²) < 4.78 is 16.3. The van der Waals surface area contributed by atoms with Crippen molar-refractivity contribution in [2.24, 2.45) is 0 Å². The highest BCUT2D eigenvalue weighted by Crippen LogP contribution is 2.39. The average Bonchev–Trinajstić information content (AvgIpc) is 2.71. The van der Waals surface area contributed by atoms with Crippen LogP contribution in [0.3, 0.4) is 0 Å². The maximum atomic E-state index is 11.4. The highest BCUT2D eigenvalue weighted by molar-refractivity contribution is 5.99. The Hall–Kier alpha value is -3.27. The second-order valence-electron chi connectivity index (χ2n) is 5.67. The van der Waals surface area contributed by atoms with E-state index in [0.29, 0.717) is 18.1 Å². The Balaban J connectivity index is 2.03. The van der Waals surface area contributed by atoms with Crippen molar-refractivity contribution in [3.8, 4) is 11.5 Å². The Bertz CT molecular complexity index is 930. The Morgan fingerprint density at radius 2 is 1.65 bits per heavy atom. The molecule has 3 rings (SSSR count). The number of fused-ring (bicyclic) bond motifs is 1. The molecule has 26 heavy (non-hydrogen) atoms. The molecule has 0 bridgehead atoms. The van der Waals surface area contributed by atoms with Gasteiger partial charge in [0.1, 0.15) is 6.61 Å². The third kappa shape index (κ3) is 3.86. The van der Waals surface area contributed by atoms with E-state index in [1.54, 1.807) is 13.2 Å². The largest absolute Gasteiger partial charge is 0.493 e. The smallest absolute Gasteiger partial charge is 0.330 e. The van der Waals surface area contributed by atoms with E-state index >= 15 is 0 Å². The number of hydrogen-bond donors (Lipinski definition) is 0. The lowest BCUT2D eigenvalue weighted by Gasteiger charge is -2.15. The normalized spacial score (nSPS) is 10.8. The van der Waals surface area contributed by atoms with Crippen molar-refractivity contribution < 1.29 is 19.0 Å². The first-order valence-corrected chi connectivity index (χ1v) is 8.25. The molecule has 0 saturated carbocycles. The van der Waals surface area contributed by atoms with Gasteiger partial charge in [0.15, 0.2) is 11.5 Å². The molecule has 0 amide bonds. The van der Waals surface area contributed by atoms with Crippen LogP contribution >= 0.6 is 0 Å². The van der Waals surface area contributed by atoms with Crippen LogP contribution in [-0.4, -0.2) is 20.2 Å². The van der Waals surface area contributed by atoms with E-state index in [0.717, 1.165) is 21.9 Å². The molecule has 0 saturated heterocycles. The van der Waals surface area contributed by atoms with Gasteiger partial charge in [-0.25, -0.2) is 4.79 Å². The lowest BCUT2D eigenvalue weighted by molar-refractivity contribution is -0.134. The minimum absolute atomic E-state index is 0.405. The average molecular weight is 348 g/mol. The summed E-state index contributed by atoms with van der Waals surface area (Å²) in [4.78, 5) is 11.4. The number of carbonyl (C=O) groups is 1. The van der Waals surface area contributed by atoms with E-state index in [1.807, 2.05) is 60.7 Å². The fourth-order valence-corrected chi connectivity index (χ4v) is 2.74. The van der Waals surface area contributed by atoms with E-state index in [4.69, 9.17) is 9.47 Å². The van der Waals surface area contributed by atoms with Crippen LogP contribution in [0.4, 0.5) is 0 Å². The molecule has 132 valence electrons. The standard InChI is InChI=1S/C22H20O4/c1-24-20-14-17(12-13-21(23)25-2)18-10-6-7-11-19(18)22(20)26-15-16-8-4-3-5-9-16/h3-14H,15H2,1-2H3/b13-12+. The van der Waals surface area contributed by atoms with Crippen LogP contribution in [-0.2, 0) is 16.1 Å². The van der Waals surface area contributed by atoms with Crippen LogP contribution in [0.15, 0.2) is 66.7 Å². The lowest BCUT2D eigenvalue weighted by atomic mass is 10.0. The van der Waals surface area contributed by atoms with Gasteiger partial charge in [0.2, 0.25) is 0 Å². The van der Waals surface area contributed by atoms with Gasteiger partial charge in [0, 0.05) is 11.5 Å². The minimum Gasteiger partial charge on any atom is -0.493 e. The van der Waals surface area contributed by atoms with Crippen molar-refractivity contribution in [3.05, 3.63) is 77.9 Å². The molecule has 3 aromatic carbocycles. The minimum atomic E-state index is -0.405. The van der Waals surface area contributed by atoms with Gasteiger partial charge < -0.3 is 14.2 Å². The van der Waals surface area contributed by atoms with Gasteiger partial charge in [-0.1, -0.05) is 54.6 Å². The van der Waals surface area contributed by atoms with Crippen LogP contribution in [0.2, 0.25) is 0 Å². The monoisotopic (exact) mass is 348 g/mol. The van der Waals surface area contributed by atoms with E-state index in [-0.39, 0.29) is 0 Å². The van der Waals surface area contributed by atoms with Gasteiger partial charge in [0.25, 0.3) is 0 Å². The van der Waals surface area contributed by atoms with E-state index in [1.165, 1.54) is 13.2 Å². The van der Waals surface area contributed by atoms with E-state index < -0.39 is 5.97 Å². The van der Waals surface area contributed by atoms with Crippen molar-refractivity contribution in [3.63, 3.8) is 0 Å². The first-order chi connectivity index (χ1) is 12.7. The molecule has 0 aliphatic rings. The number of carbonyl (C=O) groups excluding carboxylic acids is 1. The van der Waals surface area contributed by atoms with Crippen LogP contribution in [0.1, 0.15) is 11.1 Å². The number of methoxy groups -OCH3 is 2. The maximum Gasteiger partial charge on any atom is 0.330 e. The van der Waals surface area contributed by atoms with Gasteiger partial charge in [-0.2, -0.15) is 0 Å². The molecule has 0 fully saturated rings.